The molecule has 0 radical (unpaired) electrons. The van der Waals surface area contributed by atoms with Crippen LogP contribution in [0.15, 0.2) is 22.4 Å². The van der Waals surface area contributed by atoms with Crippen LogP contribution in [0.2, 0.25) is 0 Å². The maximum atomic E-state index is 12.4. The number of nitrogen functional groups attached to an aromatic ring is 1. The molecule has 0 atom stereocenters. The van der Waals surface area contributed by atoms with E-state index >= 15 is 0 Å². The minimum atomic E-state index is -3.59. The van der Waals surface area contributed by atoms with Crippen LogP contribution in [-0.4, -0.2) is 44.8 Å². The van der Waals surface area contributed by atoms with Gasteiger partial charge in [0.2, 0.25) is 10.0 Å². The molecule has 0 saturated carbocycles. The number of nitrogens with zero attached hydrogens (tertiary/aromatic N) is 3. The lowest BCUT2D eigenvalue weighted by atomic mass is 10.3. The largest absolute Gasteiger partial charge is 0.382 e. The number of sulfonamides is 1. The summed E-state index contributed by atoms with van der Waals surface area (Å²) in [5.74, 6) is 0.0617. The highest BCUT2D eigenvalue weighted by Crippen LogP contribution is 2.35. The number of hydrogen-bond acceptors (Lipinski definition) is 7. The molecule has 0 bridgehead atoms. The molecule has 0 aliphatic rings. The Kier molecular flexibility index (Phi) is 4.87. The molecule has 2 heterocycles. The molecule has 9 heteroatoms. The third-order valence-electron chi connectivity index (χ3n) is 3.02. The number of nitrogens with two attached hydrogens (primary N) is 1. The molecule has 0 amide bonds. The van der Waals surface area contributed by atoms with Crippen molar-refractivity contribution in [1.82, 2.24) is 8.68 Å². The molecule has 2 N–H and O–H groups in total. The summed E-state index contributed by atoms with van der Waals surface area (Å²) < 4.78 is 29.9. The fourth-order valence-corrected chi connectivity index (χ4v) is 4.72. The number of thiophene rings is 1. The highest BCUT2D eigenvalue weighted by atomic mass is 32.2. The molecule has 2 aromatic rings. The van der Waals surface area contributed by atoms with Gasteiger partial charge in [0.1, 0.15) is 5.00 Å². The lowest BCUT2D eigenvalue weighted by Gasteiger charge is -2.19. The van der Waals surface area contributed by atoms with Crippen LogP contribution in [0, 0.1) is 0 Å². The Morgan fingerprint density at radius 3 is 2.62 bits per heavy atom. The first-order valence-electron chi connectivity index (χ1n) is 6.25. The molecule has 0 aliphatic carbocycles. The van der Waals surface area contributed by atoms with Gasteiger partial charge in [-0.1, -0.05) is 6.07 Å². The minimum Gasteiger partial charge on any atom is -0.382 e. The Hall–Kier alpha value is -1.16. The van der Waals surface area contributed by atoms with Crippen molar-refractivity contribution in [3.63, 3.8) is 0 Å². The minimum absolute atomic E-state index is 0.0617. The van der Waals surface area contributed by atoms with E-state index in [2.05, 4.69) is 10.4 Å². The average molecular weight is 347 g/mol. The van der Waals surface area contributed by atoms with E-state index in [0.29, 0.717) is 11.5 Å². The molecule has 2 rings (SSSR count). The summed E-state index contributed by atoms with van der Waals surface area (Å²) in [6.45, 7) is 0.706. The van der Waals surface area contributed by atoms with E-state index in [9.17, 15) is 8.42 Å². The average Bonchev–Trinajstić information content (AvgIpc) is 3.04. The van der Waals surface area contributed by atoms with E-state index in [1.165, 1.54) is 19.0 Å². The van der Waals surface area contributed by atoms with Crippen LogP contribution >= 0.6 is 22.9 Å². The summed E-state index contributed by atoms with van der Waals surface area (Å²) in [6, 6.07) is 4.07. The molecule has 0 fully saturated rings. The molecular formula is C12H18N4O2S3. The summed E-state index contributed by atoms with van der Waals surface area (Å²) in [7, 11) is 1.24. The molecule has 0 unspecified atom stereocenters. The second kappa shape index (κ2) is 6.30. The number of hydrogen-bond donors (Lipinski definition) is 1. The first-order valence-corrected chi connectivity index (χ1v) is 9.34. The molecule has 6 nitrogen and oxygen atoms in total. The first-order chi connectivity index (χ1) is 9.84. The smallest absolute Gasteiger partial charge is 0.249 e. The van der Waals surface area contributed by atoms with Crippen LogP contribution < -0.4 is 10.6 Å². The van der Waals surface area contributed by atoms with E-state index in [-0.39, 0.29) is 10.7 Å². The molecule has 21 heavy (non-hydrogen) atoms. The Bertz CT molecular complexity index is 692. The van der Waals surface area contributed by atoms with Crippen molar-refractivity contribution in [2.75, 3.05) is 38.3 Å². The topological polar surface area (TPSA) is 79.5 Å². The summed E-state index contributed by atoms with van der Waals surface area (Å²) in [5, 5.41) is 2.61. The lowest BCUT2D eigenvalue weighted by Crippen LogP contribution is -2.26. The first kappa shape index (κ1) is 16.2. The van der Waals surface area contributed by atoms with Crippen molar-refractivity contribution in [1.29, 1.82) is 0 Å². The summed E-state index contributed by atoms with van der Waals surface area (Å²) in [5.41, 5.74) is 5.76. The standard InChI is InChI=1S/C12H18N4O2S3/c1-15(2)21(17,18)10-11(13)14-20-12(10)16(3)7-6-9-5-4-8-19-9/h4-5,8H,6-7H2,1-3H3,(H2,13,14). The van der Waals surface area contributed by atoms with Crippen molar-refractivity contribution >= 4 is 43.7 Å². The van der Waals surface area contributed by atoms with Gasteiger partial charge in [-0.15, -0.1) is 11.3 Å². The predicted molar refractivity (Wildman–Crippen MR) is 88.7 cm³/mol. The van der Waals surface area contributed by atoms with E-state index in [4.69, 9.17) is 5.73 Å². The van der Waals surface area contributed by atoms with Crippen molar-refractivity contribution in [3.05, 3.63) is 22.4 Å². The quantitative estimate of drug-likeness (QED) is 0.861. The summed E-state index contributed by atoms with van der Waals surface area (Å²) >= 11 is 2.80. The molecule has 0 aliphatic heterocycles. The third-order valence-corrected chi connectivity index (χ3v) is 6.94. The fourth-order valence-electron chi connectivity index (χ4n) is 1.79. The van der Waals surface area contributed by atoms with Gasteiger partial charge in [0, 0.05) is 32.6 Å². The van der Waals surface area contributed by atoms with Crippen molar-refractivity contribution in [2.45, 2.75) is 11.3 Å². The highest BCUT2D eigenvalue weighted by molar-refractivity contribution is 7.89. The zero-order chi connectivity index (χ0) is 15.6. The Morgan fingerprint density at radius 2 is 2.05 bits per heavy atom. The van der Waals surface area contributed by atoms with Crippen molar-refractivity contribution in [3.8, 4) is 0 Å². The number of aromatic nitrogens is 1. The van der Waals surface area contributed by atoms with Gasteiger partial charge < -0.3 is 10.6 Å². The van der Waals surface area contributed by atoms with Crippen LogP contribution in [0.4, 0.5) is 10.8 Å². The van der Waals surface area contributed by atoms with E-state index in [1.807, 2.05) is 23.4 Å². The zero-order valence-corrected chi connectivity index (χ0v) is 14.6. The predicted octanol–water partition coefficient (Wildman–Crippen LogP) is 1.72. The van der Waals surface area contributed by atoms with Gasteiger partial charge in [-0.3, -0.25) is 0 Å². The highest BCUT2D eigenvalue weighted by Gasteiger charge is 2.29. The van der Waals surface area contributed by atoms with Gasteiger partial charge in [-0.25, -0.2) is 12.7 Å². The second-order valence-corrected chi connectivity index (χ2v) is 8.61. The molecule has 0 spiro atoms. The third kappa shape index (κ3) is 3.37. The van der Waals surface area contributed by atoms with Crippen LogP contribution in [0.25, 0.3) is 0 Å². The Morgan fingerprint density at radius 1 is 1.33 bits per heavy atom. The number of rotatable bonds is 6. The fraction of sp³-hybridized carbons (Fsp3) is 0.417. The number of anilines is 2. The van der Waals surface area contributed by atoms with Gasteiger partial charge in [0.05, 0.1) is 0 Å². The van der Waals surface area contributed by atoms with E-state index in [1.54, 1.807) is 11.3 Å². The normalized spacial score (nSPS) is 12.0. The monoisotopic (exact) mass is 346 g/mol. The van der Waals surface area contributed by atoms with Gasteiger partial charge in [-0.05, 0) is 29.4 Å². The molecular weight excluding hydrogens is 328 g/mol. The summed E-state index contributed by atoms with van der Waals surface area (Å²) in [4.78, 5) is 3.26. The van der Waals surface area contributed by atoms with Crippen LogP contribution in [-0.2, 0) is 16.4 Å². The lowest BCUT2D eigenvalue weighted by molar-refractivity contribution is 0.521. The van der Waals surface area contributed by atoms with Crippen LogP contribution in [0.1, 0.15) is 4.88 Å². The zero-order valence-electron chi connectivity index (χ0n) is 12.1. The van der Waals surface area contributed by atoms with Gasteiger partial charge in [0.15, 0.2) is 10.7 Å². The van der Waals surface area contributed by atoms with E-state index in [0.717, 1.165) is 22.3 Å². The maximum Gasteiger partial charge on any atom is 0.249 e. The maximum absolute atomic E-state index is 12.4. The van der Waals surface area contributed by atoms with Crippen molar-refractivity contribution < 1.29 is 8.42 Å². The number of likely N-dealkylation sites (N-methyl/N-ethyl adjacent to an activating group) is 1. The second-order valence-electron chi connectivity index (χ2n) is 4.74. The van der Waals surface area contributed by atoms with Crippen molar-refractivity contribution in [2.24, 2.45) is 0 Å². The molecule has 116 valence electrons. The van der Waals surface area contributed by atoms with Gasteiger partial charge >= 0.3 is 0 Å². The molecule has 2 aromatic heterocycles. The SMILES string of the molecule is CN(CCc1cccs1)c1snc(N)c1S(=O)(=O)N(C)C. The van der Waals surface area contributed by atoms with Crippen LogP contribution in [0.3, 0.4) is 0 Å². The van der Waals surface area contributed by atoms with Gasteiger partial charge in [0.25, 0.3) is 0 Å². The van der Waals surface area contributed by atoms with Gasteiger partial charge in [-0.2, -0.15) is 4.37 Å². The molecule has 0 saturated heterocycles. The summed E-state index contributed by atoms with van der Waals surface area (Å²) in [6.07, 6.45) is 0.855. The Labute approximate surface area is 133 Å². The molecule has 0 aromatic carbocycles. The Balaban J connectivity index is 2.24. The van der Waals surface area contributed by atoms with E-state index < -0.39 is 10.0 Å². The van der Waals surface area contributed by atoms with Crippen LogP contribution in [0.5, 0.6) is 0 Å².